The predicted octanol–water partition coefficient (Wildman–Crippen LogP) is 3.35. The second kappa shape index (κ2) is 5.49. The Kier molecular flexibility index (Phi) is 3.56. The number of hydrogen-bond donors (Lipinski definition) is 1. The standard InChI is InChI=1S/C16H17FN2/c17-14-8-6-12(7-9-14)15-4-1-5-16(19-15)13-3-2-10-18-11-13/h1,4-9,13,18H,2-3,10-11H2/t13-/m1/s1. The molecule has 1 atom stereocenters. The molecular formula is C16H17FN2. The van der Waals surface area contributed by atoms with E-state index in [4.69, 9.17) is 4.98 Å². The minimum Gasteiger partial charge on any atom is -0.316 e. The summed E-state index contributed by atoms with van der Waals surface area (Å²) < 4.78 is 12.9. The number of nitrogens with one attached hydrogen (secondary N) is 1. The number of pyridine rings is 1. The summed E-state index contributed by atoms with van der Waals surface area (Å²) in [4.78, 5) is 4.73. The Morgan fingerprint density at radius 3 is 2.68 bits per heavy atom. The normalized spacial score (nSPS) is 19.3. The molecule has 0 aliphatic carbocycles. The van der Waals surface area contributed by atoms with Crippen molar-refractivity contribution in [1.29, 1.82) is 0 Å². The SMILES string of the molecule is Fc1ccc(-c2cccc([C@@H]3CCCNC3)n2)cc1. The van der Waals surface area contributed by atoms with E-state index in [1.54, 1.807) is 12.1 Å². The van der Waals surface area contributed by atoms with Gasteiger partial charge >= 0.3 is 0 Å². The molecular weight excluding hydrogens is 239 g/mol. The average Bonchev–Trinajstić information content (AvgIpc) is 2.49. The van der Waals surface area contributed by atoms with Crippen LogP contribution in [-0.2, 0) is 0 Å². The fraction of sp³-hybridized carbons (Fsp3) is 0.312. The van der Waals surface area contributed by atoms with Crippen LogP contribution in [0.15, 0.2) is 42.5 Å². The highest BCUT2D eigenvalue weighted by Crippen LogP contribution is 2.24. The van der Waals surface area contributed by atoms with Gasteiger partial charge in [-0.25, -0.2) is 4.39 Å². The highest BCUT2D eigenvalue weighted by molar-refractivity contribution is 5.59. The molecule has 2 heterocycles. The molecule has 1 aliphatic heterocycles. The topological polar surface area (TPSA) is 24.9 Å². The Morgan fingerprint density at radius 1 is 1.11 bits per heavy atom. The maximum atomic E-state index is 12.9. The fourth-order valence-electron chi connectivity index (χ4n) is 2.56. The van der Waals surface area contributed by atoms with Crippen LogP contribution in [-0.4, -0.2) is 18.1 Å². The number of rotatable bonds is 2. The van der Waals surface area contributed by atoms with Gasteiger partial charge in [0.25, 0.3) is 0 Å². The van der Waals surface area contributed by atoms with Crippen molar-refractivity contribution < 1.29 is 4.39 Å². The predicted molar refractivity (Wildman–Crippen MR) is 74.5 cm³/mol. The minimum absolute atomic E-state index is 0.212. The van der Waals surface area contributed by atoms with E-state index in [9.17, 15) is 4.39 Å². The largest absolute Gasteiger partial charge is 0.316 e. The van der Waals surface area contributed by atoms with Gasteiger partial charge in [0, 0.05) is 23.7 Å². The monoisotopic (exact) mass is 256 g/mol. The molecule has 3 heteroatoms. The molecule has 0 bridgehead atoms. The van der Waals surface area contributed by atoms with Gasteiger partial charge in [0.2, 0.25) is 0 Å². The van der Waals surface area contributed by atoms with E-state index in [-0.39, 0.29) is 5.82 Å². The summed E-state index contributed by atoms with van der Waals surface area (Å²) >= 11 is 0. The molecule has 1 saturated heterocycles. The van der Waals surface area contributed by atoms with Gasteiger partial charge in [-0.05, 0) is 55.8 Å². The first-order valence-corrected chi connectivity index (χ1v) is 6.76. The summed E-state index contributed by atoms with van der Waals surface area (Å²) in [6.07, 6.45) is 2.39. The molecule has 0 saturated carbocycles. The second-order valence-corrected chi connectivity index (χ2v) is 5.00. The summed E-state index contributed by atoms with van der Waals surface area (Å²) in [5.74, 6) is 0.283. The van der Waals surface area contributed by atoms with E-state index in [2.05, 4.69) is 11.4 Å². The fourth-order valence-corrected chi connectivity index (χ4v) is 2.56. The lowest BCUT2D eigenvalue weighted by atomic mass is 9.95. The van der Waals surface area contributed by atoms with Crippen molar-refractivity contribution in [2.75, 3.05) is 13.1 Å². The van der Waals surface area contributed by atoms with Crippen LogP contribution < -0.4 is 5.32 Å². The molecule has 1 aromatic heterocycles. The third-order valence-electron chi connectivity index (χ3n) is 3.63. The van der Waals surface area contributed by atoms with Crippen LogP contribution in [0.5, 0.6) is 0 Å². The summed E-state index contributed by atoms with van der Waals surface area (Å²) in [6, 6.07) is 12.6. The van der Waals surface area contributed by atoms with Gasteiger partial charge in [-0.15, -0.1) is 0 Å². The number of piperidine rings is 1. The molecule has 0 radical (unpaired) electrons. The van der Waals surface area contributed by atoms with E-state index in [0.29, 0.717) is 5.92 Å². The zero-order valence-electron chi connectivity index (χ0n) is 10.8. The number of benzene rings is 1. The van der Waals surface area contributed by atoms with Gasteiger partial charge in [-0.1, -0.05) is 6.07 Å². The Bertz CT molecular complexity index is 545. The maximum Gasteiger partial charge on any atom is 0.123 e. The van der Waals surface area contributed by atoms with Gasteiger partial charge in [-0.3, -0.25) is 4.98 Å². The molecule has 1 N–H and O–H groups in total. The average molecular weight is 256 g/mol. The number of hydrogen-bond acceptors (Lipinski definition) is 2. The third kappa shape index (κ3) is 2.82. The Balaban J connectivity index is 1.88. The van der Waals surface area contributed by atoms with Crippen LogP contribution in [0.3, 0.4) is 0 Å². The number of halogens is 1. The lowest BCUT2D eigenvalue weighted by Crippen LogP contribution is -2.28. The van der Waals surface area contributed by atoms with Crippen molar-refractivity contribution in [1.82, 2.24) is 10.3 Å². The first-order valence-electron chi connectivity index (χ1n) is 6.76. The number of aromatic nitrogens is 1. The summed E-state index contributed by atoms with van der Waals surface area (Å²) in [6.45, 7) is 2.11. The highest BCUT2D eigenvalue weighted by Gasteiger charge is 2.16. The Hall–Kier alpha value is -1.74. The first-order chi connectivity index (χ1) is 9.33. The van der Waals surface area contributed by atoms with Gasteiger partial charge in [-0.2, -0.15) is 0 Å². The summed E-state index contributed by atoms with van der Waals surface area (Å²) in [5, 5.41) is 3.41. The molecule has 0 amide bonds. The van der Waals surface area contributed by atoms with Gasteiger partial charge in [0.1, 0.15) is 5.82 Å². The zero-order valence-corrected chi connectivity index (χ0v) is 10.8. The van der Waals surface area contributed by atoms with Crippen molar-refractivity contribution in [3.05, 3.63) is 54.0 Å². The second-order valence-electron chi connectivity index (χ2n) is 5.00. The number of nitrogens with zero attached hydrogens (tertiary/aromatic N) is 1. The van der Waals surface area contributed by atoms with Crippen LogP contribution >= 0.6 is 0 Å². The van der Waals surface area contributed by atoms with Crippen molar-refractivity contribution in [3.8, 4) is 11.3 Å². The smallest absolute Gasteiger partial charge is 0.123 e. The van der Waals surface area contributed by atoms with Gasteiger partial charge < -0.3 is 5.32 Å². The molecule has 2 aromatic rings. The molecule has 1 aromatic carbocycles. The van der Waals surface area contributed by atoms with Crippen molar-refractivity contribution >= 4 is 0 Å². The lowest BCUT2D eigenvalue weighted by molar-refractivity contribution is 0.455. The van der Waals surface area contributed by atoms with Crippen LogP contribution in [0, 0.1) is 5.82 Å². The van der Waals surface area contributed by atoms with Crippen LogP contribution in [0.4, 0.5) is 4.39 Å². The Morgan fingerprint density at radius 2 is 1.95 bits per heavy atom. The zero-order chi connectivity index (χ0) is 13.1. The van der Waals surface area contributed by atoms with Crippen molar-refractivity contribution in [3.63, 3.8) is 0 Å². The minimum atomic E-state index is -0.212. The van der Waals surface area contributed by atoms with Gasteiger partial charge in [0.05, 0.1) is 5.69 Å². The van der Waals surface area contributed by atoms with E-state index in [1.807, 2.05) is 12.1 Å². The first kappa shape index (κ1) is 12.3. The van der Waals surface area contributed by atoms with Crippen LogP contribution in [0.1, 0.15) is 24.5 Å². The van der Waals surface area contributed by atoms with Crippen molar-refractivity contribution in [2.45, 2.75) is 18.8 Å². The van der Waals surface area contributed by atoms with E-state index >= 15 is 0 Å². The van der Waals surface area contributed by atoms with E-state index in [1.165, 1.54) is 25.0 Å². The molecule has 2 nitrogen and oxygen atoms in total. The molecule has 1 aliphatic rings. The molecule has 3 rings (SSSR count). The molecule has 19 heavy (non-hydrogen) atoms. The van der Waals surface area contributed by atoms with Gasteiger partial charge in [0.15, 0.2) is 0 Å². The van der Waals surface area contributed by atoms with Crippen molar-refractivity contribution in [2.24, 2.45) is 0 Å². The molecule has 1 fully saturated rings. The molecule has 0 spiro atoms. The molecule has 0 unspecified atom stereocenters. The van der Waals surface area contributed by atoms with E-state index < -0.39 is 0 Å². The molecule has 98 valence electrons. The lowest BCUT2D eigenvalue weighted by Gasteiger charge is -2.22. The Labute approximate surface area is 112 Å². The van der Waals surface area contributed by atoms with Crippen LogP contribution in [0.25, 0.3) is 11.3 Å². The third-order valence-corrected chi connectivity index (χ3v) is 3.63. The van der Waals surface area contributed by atoms with Crippen LogP contribution in [0.2, 0.25) is 0 Å². The quantitative estimate of drug-likeness (QED) is 0.891. The summed E-state index contributed by atoms with van der Waals surface area (Å²) in [7, 11) is 0. The highest BCUT2D eigenvalue weighted by atomic mass is 19.1. The maximum absolute atomic E-state index is 12.9. The van der Waals surface area contributed by atoms with E-state index in [0.717, 1.165) is 30.0 Å². The summed E-state index contributed by atoms with van der Waals surface area (Å²) in [5.41, 5.74) is 3.02.